The molecule has 1 aromatic heterocycles. The van der Waals surface area contributed by atoms with Crippen molar-refractivity contribution in [1.29, 1.82) is 0 Å². The van der Waals surface area contributed by atoms with Crippen LogP contribution >= 0.6 is 0 Å². The molecule has 0 spiro atoms. The van der Waals surface area contributed by atoms with Crippen molar-refractivity contribution < 1.29 is 9.53 Å². The van der Waals surface area contributed by atoms with Crippen molar-refractivity contribution in [1.82, 2.24) is 4.98 Å². The van der Waals surface area contributed by atoms with Gasteiger partial charge in [-0.1, -0.05) is 48.5 Å². The number of aromatic nitrogens is 1. The number of nitrogens with one attached hydrogen (secondary N) is 1. The summed E-state index contributed by atoms with van der Waals surface area (Å²) in [6.45, 7) is 2.18. The normalized spacial score (nSPS) is 11.3. The lowest BCUT2D eigenvalue weighted by Crippen LogP contribution is -2.05. The number of H-pyrrole nitrogens is 1. The standard InChI is InChI=1S/C19H15NO2/c1-2-22-19(21)18-17-15-10-6-5-8-13(15)12-7-3-4-9-14(12)16(17)11-20-18/h3-11,20H,2H2,1H3. The van der Waals surface area contributed by atoms with Gasteiger partial charge in [-0.05, 0) is 28.5 Å². The van der Waals surface area contributed by atoms with E-state index < -0.39 is 0 Å². The number of rotatable bonds is 2. The summed E-state index contributed by atoms with van der Waals surface area (Å²) in [6, 6.07) is 16.4. The third-order valence-electron chi connectivity index (χ3n) is 4.06. The van der Waals surface area contributed by atoms with Gasteiger partial charge in [0.25, 0.3) is 0 Å². The minimum atomic E-state index is -0.307. The van der Waals surface area contributed by atoms with E-state index in [4.69, 9.17) is 4.74 Å². The number of fused-ring (bicyclic) bond motifs is 6. The predicted octanol–water partition coefficient (Wildman–Crippen LogP) is 4.65. The highest BCUT2D eigenvalue weighted by atomic mass is 16.5. The molecule has 0 saturated heterocycles. The number of ether oxygens (including phenoxy) is 1. The fourth-order valence-electron chi connectivity index (χ4n) is 3.17. The maximum absolute atomic E-state index is 12.2. The number of carbonyl (C=O) groups excluding carboxylic acids is 1. The zero-order valence-corrected chi connectivity index (χ0v) is 12.2. The molecule has 0 saturated carbocycles. The molecule has 3 heteroatoms. The molecule has 0 bridgehead atoms. The van der Waals surface area contributed by atoms with Crippen LogP contribution in [0.1, 0.15) is 17.4 Å². The van der Waals surface area contributed by atoms with Crippen LogP contribution in [-0.2, 0) is 4.74 Å². The van der Waals surface area contributed by atoms with Crippen LogP contribution in [-0.4, -0.2) is 17.6 Å². The minimum Gasteiger partial charge on any atom is -0.461 e. The van der Waals surface area contributed by atoms with E-state index in [1.54, 1.807) is 0 Å². The summed E-state index contributed by atoms with van der Waals surface area (Å²) in [4.78, 5) is 15.4. The molecule has 4 rings (SSSR count). The lowest BCUT2D eigenvalue weighted by Gasteiger charge is -2.08. The van der Waals surface area contributed by atoms with E-state index in [1.807, 2.05) is 37.4 Å². The van der Waals surface area contributed by atoms with E-state index in [0.29, 0.717) is 12.3 Å². The van der Waals surface area contributed by atoms with Crippen LogP contribution in [0.25, 0.3) is 32.3 Å². The maximum Gasteiger partial charge on any atom is 0.355 e. The molecule has 4 aromatic rings. The van der Waals surface area contributed by atoms with Gasteiger partial charge in [0.15, 0.2) is 0 Å². The average Bonchev–Trinajstić information content (AvgIpc) is 3.01. The van der Waals surface area contributed by atoms with Crippen molar-refractivity contribution in [2.45, 2.75) is 6.92 Å². The number of hydrogen-bond acceptors (Lipinski definition) is 2. The molecule has 108 valence electrons. The molecule has 0 fully saturated rings. The topological polar surface area (TPSA) is 42.1 Å². The zero-order chi connectivity index (χ0) is 15.1. The first-order valence-corrected chi connectivity index (χ1v) is 7.39. The van der Waals surface area contributed by atoms with Crippen molar-refractivity contribution in [3.63, 3.8) is 0 Å². The molecule has 3 aromatic carbocycles. The number of esters is 1. The molecule has 0 unspecified atom stereocenters. The Morgan fingerprint density at radius 1 is 0.909 bits per heavy atom. The van der Waals surface area contributed by atoms with Gasteiger partial charge >= 0.3 is 5.97 Å². The molecular weight excluding hydrogens is 274 g/mol. The second kappa shape index (κ2) is 4.88. The Balaban J connectivity index is 2.22. The van der Waals surface area contributed by atoms with E-state index in [2.05, 4.69) is 29.2 Å². The Bertz CT molecular complexity index is 1010. The Kier molecular flexibility index (Phi) is 2.86. The van der Waals surface area contributed by atoms with Crippen molar-refractivity contribution in [3.8, 4) is 0 Å². The highest BCUT2D eigenvalue weighted by Gasteiger charge is 2.18. The summed E-state index contributed by atoms with van der Waals surface area (Å²) in [7, 11) is 0. The van der Waals surface area contributed by atoms with Crippen LogP contribution in [0.5, 0.6) is 0 Å². The average molecular weight is 289 g/mol. The molecule has 0 aliphatic rings. The maximum atomic E-state index is 12.2. The molecule has 0 atom stereocenters. The van der Waals surface area contributed by atoms with Gasteiger partial charge in [0.1, 0.15) is 5.69 Å². The fourth-order valence-corrected chi connectivity index (χ4v) is 3.17. The summed E-state index contributed by atoms with van der Waals surface area (Å²) < 4.78 is 5.19. The lowest BCUT2D eigenvalue weighted by atomic mass is 9.96. The molecule has 0 amide bonds. The van der Waals surface area contributed by atoms with Crippen molar-refractivity contribution in [2.75, 3.05) is 6.61 Å². The Hall–Kier alpha value is -2.81. The zero-order valence-electron chi connectivity index (χ0n) is 12.2. The third-order valence-corrected chi connectivity index (χ3v) is 4.06. The SMILES string of the molecule is CCOC(=O)c1[nH]cc2c3ccccc3c3ccccc3c12. The summed E-state index contributed by atoms with van der Waals surface area (Å²) in [6.07, 6.45) is 1.90. The van der Waals surface area contributed by atoms with E-state index in [1.165, 1.54) is 5.39 Å². The van der Waals surface area contributed by atoms with Crippen LogP contribution < -0.4 is 0 Å². The minimum absolute atomic E-state index is 0.307. The second-order valence-electron chi connectivity index (χ2n) is 5.26. The molecule has 1 heterocycles. The first kappa shape index (κ1) is 12.9. The Morgan fingerprint density at radius 2 is 1.45 bits per heavy atom. The van der Waals surface area contributed by atoms with Crippen molar-refractivity contribution >= 4 is 38.3 Å². The molecule has 0 aliphatic carbocycles. The summed E-state index contributed by atoms with van der Waals surface area (Å²) in [5.41, 5.74) is 0.527. The summed E-state index contributed by atoms with van der Waals surface area (Å²) >= 11 is 0. The first-order valence-electron chi connectivity index (χ1n) is 7.39. The monoisotopic (exact) mass is 289 g/mol. The van der Waals surface area contributed by atoms with Gasteiger partial charge in [0.05, 0.1) is 6.61 Å². The molecule has 1 N–H and O–H groups in total. The molecular formula is C19H15NO2. The van der Waals surface area contributed by atoms with E-state index >= 15 is 0 Å². The molecule has 0 radical (unpaired) electrons. The third kappa shape index (κ3) is 1.72. The van der Waals surface area contributed by atoms with Gasteiger partial charge in [-0.2, -0.15) is 0 Å². The predicted molar refractivity (Wildman–Crippen MR) is 89.3 cm³/mol. The van der Waals surface area contributed by atoms with Gasteiger partial charge in [-0.25, -0.2) is 4.79 Å². The highest BCUT2D eigenvalue weighted by Crippen LogP contribution is 2.36. The van der Waals surface area contributed by atoms with Crippen LogP contribution in [0.2, 0.25) is 0 Å². The summed E-state index contributed by atoms with van der Waals surface area (Å²) in [5, 5.41) is 6.55. The van der Waals surface area contributed by atoms with Gasteiger partial charge < -0.3 is 9.72 Å². The molecule has 0 aliphatic heterocycles. The van der Waals surface area contributed by atoms with Gasteiger partial charge in [0.2, 0.25) is 0 Å². The van der Waals surface area contributed by atoms with Gasteiger partial charge in [-0.15, -0.1) is 0 Å². The van der Waals surface area contributed by atoms with Crippen LogP contribution in [0.15, 0.2) is 54.7 Å². The fraction of sp³-hybridized carbons (Fsp3) is 0.105. The van der Waals surface area contributed by atoms with E-state index in [9.17, 15) is 4.79 Å². The largest absolute Gasteiger partial charge is 0.461 e. The van der Waals surface area contributed by atoms with Gasteiger partial charge in [-0.3, -0.25) is 0 Å². The van der Waals surface area contributed by atoms with Crippen LogP contribution in [0.3, 0.4) is 0 Å². The Labute approximate surface area is 127 Å². The quantitative estimate of drug-likeness (QED) is 0.431. The second-order valence-corrected chi connectivity index (χ2v) is 5.26. The van der Waals surface area contributed by atoms with Crippen molar-refractivity contribution in [2.24, 2.45) is 0 Å². The summed E-state index contributed by atoms with van der Waals surface area (Å²) in [5.74, 6) is -0.307. The lowest BCUT2D eigenvalue weighted by molar-refractivity contribution is 0.0522. The van der Waals surface area contributed by atoms with E-state index in [0.717, 1.165) is 26.9 Å². The number of benzene rings is 3. The first-order chi connectivity index (χ1) is 10.8. The van der Waals surface area contributed by atoms with Crippen LogP contribution in [0.4, 0.5) is 0 Å². The molecule has 22 heavy (non-hydrogen) atoms. The van der Waals surface area contributed by atoms with E-state index in [-0.39, 0.29) is 5.97 Å². The van der Waals surface area contributed by atoms with Crippen LogP contribution in [0, 0.1) is 0 Å². The number of aromatic amines is 1. The Morgan fingerprint density at radius 3 is 2.09 bits per heavy atom. The van der Waals surface area contributed by atoms with Gasteiger partial charge in [0, 0.05) is 17.0 Å². The smallest absolute Gasteiger partial charge is 0.355 e. The highest BCUT2D eigenvalue weighted by molar-refractivity contribution is 6.28. The number of carbonyl (C=O) groups is 1. The van der Waals surface area contributed by atoms with Crippen molar-refractivity contribution in [3.05, 3.63) is 60.4 Å². The number of hydrogen-bond donors (Lipinski definition) is 1. The molecule has 3 nitrogen and oxygen atoms in total.